The molecule has 0 radical (unpaired) electrons. The second-order valence-electron chi connectivity index (χ2n) is 7.16. The molecule has 2 amide bonds. The fourth-order valence-electron chi connectivity index (χ4n) is 3.49. The number of amides is 2. The van der Waals surface area contributed by atoms with E-state index in [-0.39, 0.29) is 19.9 Å². The lowest BCUT2D eigenvalue weighted by molar-refractivity contribution is -0.139. The number of nitrogens with one attached hydrogen (secondary N) is 2. The minimum atomic E-state index is -0.878. The van der Waals surface area contributed by atoms with E-state index in [1.54, 1.807) is 18.2 Å². The third-order valence-corrected chi connectivity index (χ3v) is 5.17. The van der Waals surface area contributed by atoms with Gasteiger partial charge in [-0.25, -0.2) is 0 Å². The number of rotatable bonds is 5. The van der Waals surface area contributed by atoms with E-state index >= 15 is 0 Å². The molecule has 2 aliphatic heterocycles. The minimum absolute atomic E-state index is 0.0368. The molecule has 0 spiro atoms. The highest BCUT2D eigenvalue weighted by molar-refractivity contribution is 6.35. The van der Waals surface area contributed by atoms with Crippen LogP contribution in [-0.4, -0.2) is 43.9 Å². The summed E-state index contributed by atoms with van der Waals surface area (Å²) in [7, 11) is 2.03. The van der Waals surface area contributed by atoms with Crippen molar-refractivity contribution in [3.63, 3.8) is 0 Å². The first-order valence-corrected chi connectivity index (χ1v) is 9.48. The second-order valence-corrected chi connectivity index (χ2v) is 7.16. The number of nitrogens with zero attached hydrogens (tertiary/aromatic N) is 1. The van der Waals surface area contributed by atoms with Gasteiger partial charge in [-0.15, -0.1) is 0 Å². The SMILES string of the molecule is CN1CCc2cc([C@@H](O)CNC(=O)C(=O)NCc3ccc4c(c3)OCO4)ccc21. The monoisotopic (exact) mass is 397 g/mol. The van der Waals surface area contributed by atoms with Gasteiger partial charge in [-0.05, 0) is 41.3 Å². The smallest absolute Gasteiger partial charge is 0.309 e. The topological polar surface area (TPSA) is 100 Å². The molecule has 0 aromatic heterocycles. The Morgan fingerprint density at radius 1 is 1.10 bits per heavy atom. The van der Waals surface area contributed by atoms with Crippen molar-refractivity contribution in [3.05, 3.63) is 53.1 Å². The average Bonchev–Trinajstić information content (AvgIpc) is 3.35. The summed E-state index contributed by atoms with van der Waals surface area (Å²) in [5.74, 6) is -0.272. The lowest BCUT2D eigenvalue weighted by Gasteiger charge is -2.15. The Morgan fingerprint density at radius 2 is 1.90 bits per heavy atom. The number of fused-ring (bicyclic) bond motifs is 2. The molecule has 2 heterocycles. The van der Waals surface area contributed by atoms with Gasteiger partial charge in [0.15, 0.2) is 11.5 Å². The molecule has 0 aliphatic carbocycles. The molecule has 0 fully saturated rings. The van der Waals surface area contributed by atoms with Crippen LogP contribution in [0.4, 0.5) is 5.69 Å². The minimum Gasteiger partial charge on any atom is -0.454 e. The van der Waals surface area contributed by atoms with Crippen molar-refractivity contribution in [2.24, 2.45) is 0 Å². The van der Waals surface area contributed by atoms with E-state index in [1.807, 2.05) is 25.2 Å². The molecule has 3 N–H and O–H groups in total. The van der Waals surface area contributed by atoms with Crippen LogP contribution in [0.2, 0.25) is 0 Å². The number of aliphatic hydroxyl groups excluding tert-OH is 1. The fraction of sp³-hybridized carbons (Fsp3) is 0.333. The van der Waals surface area contributed by atoms with Crippen LogP contribution >= 0.6 is 0 Å². The van der Waals surface area contributed by atoms with E-state index in [9.17, 15) is 14.7 Å². The standard InChI is InChI=1S/C21H23N3O5/c1-24-7-6-14-9-15(3-4-16(14)24)17(25)11-23-21(27)20(26)22-10-13-2-5-18-19(8-13)29-12-28-18/h2-5,8-9,17,25H,6-7,10-12H2,1H3,(H,22,26)(H,23,27)/t17-/m0/s1. The normalized spacial score (nSPS) is 15.0. The van der Waals surface area contributed by atoms with Gasteiger partial charge in [-0.1, -0.05) is 18.2 Å². The molecule has 29 heavy (non-hydrogen) atoms. The Labute approximate surface area is 168 Å². The first-order valence-electron chi connectivity index (χ1n) is 9.48. The molecule has 1 atom stereocenters. The molecular weight excluding hydrogens is 374 g/mol. The lowest BCUT2D eigenvalue weighted by atomic mass is 10.0. The Hall–Kier alpha value is -3.26. The summed E-state index contributed by atoms with van der Waals surface area (Å²) in [5, 5.41) is 15.4. The lowest BCUT2D eigenvalue weighted by Crippen LogP contribution is -2.41. The molecular formula is C21H23N3O5. The molecule has 0 saturated heterocycles. The van der Waals surface area contributed by atoms with Crippen LogP contribution in [0, 0.1) is 0 Å². The van der Waals surface area contributed by atoms with Gasteiger partial charge < -0.3 is 30.1 Å². The number of ether oxygens (including phenoxy) is 2. The molecule has 0 unspecified atom stereocenters. The van der Waals surface area contributed by atoms with Gasteiger partial charge in [0.25, 0.3) is 0 Å². The van der Waals surface area contributed by atoms with E-state index in [2.05, 4.69) is 15.5 Å². The van der Waals surface area contributed by atoms with Gasteiger partial charge in [0.05, 0.1) is 6.10 Å². The first-order chi connectivity index (χ1) is 14.0. The third kappa shape index (κ3) is 4.12. The molecule has 4 rings (SSSR count). The Morgan fingerprint density at radius 3 is 2.76 bits per heavy atom. The molecule has 0 bridgehead atoms. The molecule has 2 aromatic rings. The van der Waals surface area contributed by atoms with Crippen LogP contribution in [0.15, 0.2) is 36.4 Å². The third-order valence-electron chi connectivity index (χ3n) is 5.17. The molecule has 152 valence electrons. The predicted molar refractivity (Wildman–Crippen MR) is 106 cm³/mol. The molecule has 2 aromatic carbocycles. The van der Waals surface area contributed by atoms with Crippen LogP contribution in [-0.2, 0) is 22.6 Å². The van der Waals surface area contributed by atoms with Crippen LogP contribution in [0.3, 0.4) is 0 Å². The van der Waals surface area contributed by atoms with Crippen LogP contribution < -0.4 is 25.0 Å². The van der Waals surface area contributed by atoms with Crippen molar-refractivity contribution in [2.45, 2.75) is 19.1 Å². The van der Waals surface area contributed by atoms with Crippen molar-refractivity contribution < 1.29 is 24.2 Å². The van der Waals surface area contributed by atoms with Crippen LogP contribution in [0.1, 0.15) is 22.8 Å². The van der Waals surface area contributed by atoms with Crippen molar-refractivity contribution in [3.8, 4) is 11.5 Å². The maximum Gasteiger partial charge on any atom is 0.309 e. The number of carbonyl (C=O) groups is 2. The summed E-state index contributed by atoms with van der Waals surface area (Å²) in [6, 6.07) is 11.1. The zero-order valence-corrected chi connectivity index (χ0v) is 16.1. The average molecular weight is 397 g/mol. The molecule has 0 saturated carbocycles. The number of benzene rings is 2. The van der Waals surface area contributed by atoms with E-state index in [0.717, 1.165) is 29.8 Å². The van der Waals surface area contributed by atoms with Gasteiger partial charge in [-0.2, -0.15) is 0 Å². The highest BCUT2D eigenvalue weighted by atomic mass is 16.7. The Balaban J connectivity index is 1.26. The van der Waals surface area contributed by atoms with E-state index in [1.165, 1.54) is 5.56 Å². The zero-order valence-electron chi connectivity index (χ0n) is 16.1. The van der Waals surface area contributed by atoms with E-state index in [4.69, 9.17) is 9.47 Å². The number of hydrogen-bond donors (Lipinski definition) is 3. The first kappa shape index (κ1) is 19.1. The summed E-state index contributed by atoms with van der Waals surface area (Å²) in [5.41, 5.74) is 3.85. The molecule has 8 heteroatoms. The summed E-state index contributed by atoms with van der Waals surface area (Å²) < 4.78 is 10.5. The van der Waals surface area contributed by atoms with Crippen LogP contribution in [0.5, 0.6) is 11.5 Å². The van der Waals surface area contributed by atoms with Gasteiger partial charge in [0.2, 0.25) is 6.79 Å². The zero-order chi connectivity index (χ0) is 20.4. The fourth-order valence-corrected chi connectivity index (χ4v) is 3.49. The number of hydrogen-bond acceptors (Lipinski definition) is 6. The van der Waals surface area contributed by atoms with Crippen molar-refractivity contribution in [1.82, 2.24) is 10.6 Å². The van der Waals surface area contributed by atoms with Crippen molar-refractivity contribution in [2.75, 3.05) is 31.8 Å². The quantitative estimate of drug-likeness (QED) is 0.648. The molecule has 2 aliphatic rings. The van der Waals surface area contributed by atoms with Gasteiger partial charge in [0.1, 0.15) is 0 Å². The largest absolute Gasteiger partial charge is 0.454 e. The van der Waals surface area contributed by atoms with Gasteiger partial charge in [-0.3, -0.25) is 9.59 Å². The molecule has 8 nitrogen and oxygen atoms in total. The Kier molecular flexibility index (Phi) is 5.26. The predicted octanol–water partition coefficient (Wildman–Crippen LogP) is 0.874. The van der Waals surface area contributed by atoms with Gasteiger partial charge >= 0.3 is 11.8 Å². The highest BCUT2D eigenvalue weighted by Gasteiger charge is 2.20. The van der Waals surface area contributed by atoms with E-state index < -0.39 is 17.9 Å². The highest BCUT2D eigenvalue weighted by Crippen LogP contribution is 2.32. The number of carbonyl (C=O) groups excluding carboxylic acids is 2. The Bertz CT molecular complexity index is 946. The number of anilines is 1. The summed E-state index contributed by atoms with van der Waals surface area (Å²) in [4.78, 5) is 26.2. The van der Waals surface area contributed by atoms with Crippen molar-refractivity contribution >= 4 is 17.5 Å². The van der Waals surface area contributed by atoms with Crippen LogP contribution in [0.25, 0.3) is 0 Å². The maximum absolute atomic E-state index is 12.0. The summed E-state index contributed by atoms with van der Waals surface area (Å²) >= 11 is 0. The number of likely N-dealkylation sites (N-methyl/N-ethyl adjacent to an activating group) is 1. The summed E-state index contributed by atoms with van der Waals surface area (Å²) in [6.07, 6.45) is 0.0536. The number of aliphatic hydroxyl groups is 1. The van der Waals surface area contributed by atoms with Crippen molar-refractivity contribution in [1.29, 1.82) is 0 Å². The maximum atomic E-state index is 12.0. The summed E-state index contributed by atoms with van der Waals surface area (Å²) in [6.45, 7) is 1.28. The van der Waals surface area contributed by atoms with E-state index in [0.29, 0.717) is 11.5 Å². The van der Waals surface area contributed by atoms with Gasteiger partial charge in [0, 0.05) is 32.4 Å². The second kappa shape index (κ2) is 8.00.